The molecular weight excluding hydrogens is 315 g/mol. The van der Waals surface area contributed by atoms with Crippen LogP contribution in [-0.4, -0.2) is 16.9 Å². The molecule has 0 bridgehead atoms. The van der Waals surface area contributed by atoms with Gasteiger partial charge >= 0.3 is 0 Å². The number of allylic oxidation sites excluding steroid dienone is 1. The van der Waals surface area contributed by atoms with Gasteiger partial charge in [-0.05, 0) is 74.6 Å². The van der Waals surface area contributed by atoms with Gasteiger partial charge in [-0.1, -0.05) is 12.0 Å². The van der Waals surface area contributed by atoms with Gasteiger partial charge in [0.2, 0.25) is 0 Å². The molecule has 25 heavy (non-hydrogen) atoms. The first-order valence-corrected chi connectivity index (χ1v) is 8.93. The van der Waals surface area contributed by atoms with Gasteiger partial charge in [0.1, 0.15) is 5.82 Å². The summed E-state index contributed by atoms with van der Waals surface area (Å²) in [4.78, 5) is 15.2. The van der Waals surface area contributed by atoms with E-state index in [1.807, 2.05) is 12.1 Å². The normalized spacial score (nSPS) is 19.1. The number of halogens is 1. The summed E-state index contributed by atoms with van der Waals surface area (Å²) in [5.74, 6) is 4.68. The molecule has 0 radical (unpaired) electrons. The molecule has 3 nitrogen and oxygen atoms in total. The number of nitrogens with one attached hydrogen (secondary N) is 2. The SMILES string of the molecule is CC#CC(=O)N[C@@H]1C=C(c2c(F)ccc3[nH]c4c(c23)CCC4)CCC1. The fraction of sp³-hybridized carbons (Fsp3) is 0.381. The van der Waals surface area contributed by atoms with Crippen molar-refractivity contribution in [1.29, 1.82) is 0 Å². The van der Waals surface area contributed by atoms with Crippen LogP contribution in [0.3, 0.4) is 0 Å². The summed E-state index contributed by atoms with van der Waals surface area (Å²) in [6, 6.07) is 3.31. The number of aromatic amines is 1. The molecule has 1 aromatic carbocycles. The predicted octanol–water partition coefficient (Wildman–Crippen LogP) is 3.87. The highest BCUT2D eigenvalue weighted by atomic mass is 19.1. The van der Waals surface area contributed by atoms with Gasteiger partial charge in [-0.3, -0.25) is 4.79 Å². The van der Waals surface area contributed by atoms with Gasteiger partial charge in [0.25, 0.3) is 5.91 Å². The number of amides is 1. The molecule has 2 aliphatic carbocycles. The van der Waals surface area contributed by atoms with Gasteiger partial charge in [0.05, 0.1) is 0 Å². The van der Waals surface area contributed by atoms with E-state index in [0.29, 0.717) is 0 Å². The van der Waals surface area contributed by atoms with Crippen molar-refractivity contribution in [3.63, 3.8) is 0 Å². The molecule has 1 heterocycles. The lowest BCUT2D eigenvalue weighted by atomic mass is 9.88. The molecule has 128 valence electrons. The number of hydrogen-bond acceptors (Lipinski definition) is 1. The molecule has 4 heteroatoms. The molecule has 0 aliphatic heterocycles. The zero-order valence-electron chi connectivity index (χ0n) is 14.3. The Kier molecular flexibility index (Phi) is 4.09. The van der Waals surface area contributed by atoms with E-state index < -0.39 is 0 Å². The van der Waals surface area contributed by atoms with E-state index in [4.69, 9.17) is 0 Å². The van der Waals surface area contributed by atoms with E-state index in [9.17, 15) is 9.18 Å². The van der Waals surface area contributed by atoms with Gasteiger partial charge in [-0.2, -0.15) is 0 Å². The van der Waals surface area contributed by atoms with Crippen LogP contribution < -0.4 is 5.32 Å². The molecule has 2 aromatic rings. The summed E-state index contributed by atoms with van der Waals surface area (Å²) in [6.45, 7) is 1.64. The maximum atomic E-state index is 14.8. The van der Waals surface area contributed by atoms with E-state index in [-0.39, 0.29) is 17.8 Å². The Morgan fingerprint density at radius 1 is 1.28 bits per heavy atom. The molecular formula is C21H21FN2O. The third-order valence-corrected chi connectivity index (χ3v) is 5.20. The summed E-state index contributed by atoms with van der Waals surface area (Å²) < 4.78 is 14.8. The molecule has 1 amide bonds. The molecule has 2 N–H and O–H groups in total. The van der Waals surface area contributed by atoms with Crippen LogP contribution in [0.15, 0.2) is 18.2 Å². The van der Waals surface area contributed by atoms with Crippen molar-refractivity contribution >= 4 is 22.4 Å². The lowest BCUT2D eigenvalue weighted by Gasteiger charge is -2.22. The Labute approximate surface area is 146 Å². The highest BCUT2D eigenvalue weighted by Gasteiger charge is 2.25. The summed E-state index contributed by atoms with van der Waals surface area (Å²) in [5, 5.41) is 3.95. The maximum Gasteiger partial charge on any atom is 0.296 e. The first kappa shape index (κ1) is 16.0. The lowest BCUT2D eigenvalue weighted by molar-refractivity contribution is -0.116. The Morgan fingerprint density at radius 2 is 2.16 bits per heavy atom. The Balaban J connectivity index is 1.78. The van der Waals surface area contributed by atoms with Crippen molar-refractivity contribution < 1.29 is 9.18 Å². The summed E-state index contributed by atoms with van der Waals surface area (Å²) in [7, 11) is 0. The zero-order chi connectivity index (χ0) is 17.4. The van der Waals surface area contributed by atoms with Crippen molar-refractivity contribution in [2.24, 2.45) is 0 Å². The smallest absolute Gasteiger partial charge is 0.296 e. The van der Waals surface area contributed by atoms with E-state index in [0.717, 1.165) is 60.6 Å². The first-order valence-electron chi connectivity index (χ1n) is 8.93. The van der Waals surface area contributed by atoms with Crippen molar-refractivity contribution in [1.82, 2.24) is 10.3 Å². The predicted molar refractivity (Wildman–Crippen MR) is 97.5 cm³/mol. The Bertz CT molecular complexity index is 942. The highest BCUT2D eigenvalue weighted by molar-refractivity contribution is 5.97. The molecule has 1 atom stereocenters. The van der Waals surface area contributed by atoms with Crippen LogP contribution in [-0.2, 0) is 17.6 Å². The van der Waals surface area contributed by atoms with Crippen molar-refractivity contribution in [3.05, 3.63) is 40.8 Å². The summed E-state index contributed by atoms with van der Waals surface area (Å²) >= 11 is 0. The van der Waals surface area contributed by atoms with Crippen LogP contribution in [0.1, 0.15) is 49.4 Å². The second-order valence-electron chi connectivity index (χ2n) is 6.82. The lowest BCUT2D eigenvalue weighted by Crippen LogP contribution is -2.33. The van der Waals surface area contributed by atoms with Gasteiger partial charge in [0.15, 0.2) is 0 Å². The number of aryl methyl sites for hydroxylation is 2. The van der Waals surface area contributed by atoms with Gasteiger partial charge in [0, 0.05) is 28.2 Å². The third-order valence-electron chi connectivity index (χ3n) is 5.20. The number of rotatable bonds is 2. The van der Waals surface area contributed by atoms with E-state index >= 15 is 0 Å². The highest BCUT2D eigenvalue weighted by Crippen LogP contribution is 2.39. The topological polar surface area (TPSA) is 44.9 Å². The molecule has 0 spiro atoms. The molecule has 4 rings (SSSR count). The minimum Gasteiger partial charge on any atom is -0.358 e. The largest absolute Gasteiger partial charge is 0.358 e. The number of fused-ring (bicyclic) bond motifs is 3. The number of aromatic nitrogens is 1. The monoisotopic (exact) mass is 336 g/mol. The zero-order valence-corrected chi connectivity index (χ0v) is 14.3. The Morgan fingerprint density at radius 3 is 3.00 bits per heavy atom. The third kappa shape index (κ3) is 2.84. The van der Waals surface area contributed by atoms with Gasteiger partial charge in [-0.15, -0.1) is 0 Å². The quantitative estimate of drug-likeness (QED) is 0.804. The number of benzene rings is 1. The fourth-order valence-electron chi connectivity index (χ4n) is 4.19. The van der Waals surface area contributed by atoms with Crippen LogP contribution in [0.25, 0.3) is 16.5 Å². The molecule has 0 saturated carbocycles. The van der Waals surface area contributed by atoms with Crippen molar-refractivity contribution in [2.45, 2.75) is 51.5 Å². The molecule has 2 aliphatic rings. The second-order valence-corrected chi connectivity index (χ2v) is 6.82. The van der Waals surface area contributed by atoms with Crippen LogP contribution in [0, 0.1) is 17.7 Å². The average molecular weight is 336 g/mol. The summed E-state index contributed by atoms with van der Waals surface area (Å²) in [6.07, 6.45) is 7.82. The number of carbonyl (C=O) groups excluding carboxylic acids is 1. The second kappa shape index (κ2) is 6.40. The van der Waals surface area contributed by atoms with Gasteiger partial charge in [-0.25, -0.2) is 4.39 Å². The standard InChI is InChI=1S/C21H21FN2O/c1-2-5-19(25)23-14-7-3-6-13(12-14)20-16(22)10-11-18-21(20)15-8-4-9-17(15)24-18/h10-12,14,24H,3-4,6-9H2,1H3,(H,23,25)/t14-/m0/s1. The van der Waals surface area contributed by atoms with Crippen molar-refractivity contribution in [2.75, 3.05) is 0 Å². The van der Waals surface area contributed by atoms with Gasteiger partial charge < -0.3 is 10.3 Å². The molecule has 0 fully saturated rings. The molecule has 0 saturated heterocycles. The van der Waals surface area contributed by atoms with E-state index in [2.05, 4.69) is 22.1 Å². The molecule has 1 aromatic heterocycles. The van der Waals surface area contributed by atoms with E-state index in [1.54, 1.807) is 13.0 Å². The number of carbonyl (C=O) groups is 1. The van der Waals surface area contributed by atoms with Crippen LogP contribution >= 0.6 is 0 Å². The minimum absolute atomic E-state index is 0.0845. The summed E-state index contributed by atoms with van der Waals surface area (Å²) in [5.41, 5.74) is 5.26. The number of H-pyrrole nitrogens is 1. The fourth-order valence-corrected chi connectivity index (χ4v) is 4.19. The molecule has 0 unspecified atom stereocenters. The first-order chi connectivity index (χ1) is 12.2. The van der Waals surface area contributed by atoms with Crippen LogP contribution in [0.2, 0.25) is 0 Å². The average Bonchev–Trinajstić information content (AvgIpc) is 3.16. The van der Waals surface area contributed by atoms with Crippen LogP contribution in [0.4, 0.5) is 4.39 Å². The van der Waals surface area contributed by atoms with Crippen LogP contribution in [0.5, 0.6) is 0 Å². The number of hydrogen-bond donors (Lipinski definition) is 2. The Hall–Kier alpha value is -2.54. The van der Waals surface area contributed by atoms with Crippen molar-refractivity contribution in [3.8, 4) is 11.8 Å². The minimum atomic E-state index is -0.272. The van der Waals surface area contributed by atoms with E-state index in [1.165, 1.54) is 11.3 Å². The maximum absolute atomic E-state index is 14.8.